The van der Waals surface area contributed by atoms with Crippen molar-refractivity contribution >= 4 is 17.2 Å². The first-order chi connectivity index (χ1) is 12.7. The Morgan fingerprint density at radius 3 is 2.77 bits per heavy atom. The number of thiazole rings is 1. The van der Waals surface area contributed by atoms with Gasteiger partial charge in [0.15, 0.2) is 0 Å². The molecule has 1 atom stereocenters. The van der Waals surface area contributed by atoms with Crippen LogP contribution in [0.4, 0.5) is 0 Å². The lowest BCUT2D eigenvalue weighted by Crippen LogP contribution is -2.37. The topological polar surface area (TPSA) is 51.7 Å². The van der Waals surface area contributed by atoms with Gasteiger partial charge in [-0.3, -0.25) is 4.79 Å². The third-order valence-electron chi connectivity index (χ3n) is 4.86. The van der Waals surface area contributed by atoms with Gasteiger partial charge in [0.25, 0.3) is 5.91 Å². The Morgan fingerprint density at radius 1 is 1.31 bits per heavy atom. The van der Waals surface area contributed by atoms with Crippen molar-refractivity contribution in [3.05, 3.63) is 35.3 Å². The van der Waals surface area contributed by atoms with E-state index in [0.29, 0.717) is 24.3 Å². The van der Waals surface area contributed by atoms with Crippen LogP contribution in [0.1, 0.15) is 36.7 Å². The molecule has 6 heteroatoms. The van der Waals surface area contributed by atoms with E-state index >= 15 is 0 Å². The molecule has 1 saturated heterocycles. The maximum atomic E-state index is 13.0. The molecule has 4 rings (SSSR count). The van der Waals surface area contributed by atoms with Crippen LogP contribution in [0, 0.1) is 5.92 Å². The fraction of sp³-hybridized carbons (Fsp3) is 0.500. The summed E-state index contributed by atoms with van der Waals surface area (Å²) in [5.41, 5.74) is 1.57. The number of ether oxygens (including phenoxy) is 2. The SMILES string of the molecule is CCOc1ccc(-c2nc(C(=O)N(CC3CCOC3)C3CC3)cs2)cc1. The van der Waals surface area contributed by atoms with Gasteiger partial charge in [-0.05, 0) is 50.5 Å². The number of carbonyl (C=O) groups excluding carboxylic acids is 1. The van der Waals surface area contributed by atoms with Gasteiger partial charge >= 0.3 is 0 Å². The monoisotopic (exact) mass is 372 g/mol. The summed E-state index contributed by atoms with van der Waals surface area (Å²) < 4.78 is 11.0. The lowest BCUT2D eigenvalue weighted by molar-refractivity contribution is 0.0701. The summed E-state index contributed by atoms with van der Waals surface area (Å²) in [6, 6.07) is 8.26. The van der Waals surface area contributed by atoms with Gasteiger partial charge in [0.2, 0.25) is 0 Å². The zero-order valence-corrected chi connectivity index (χ0v) is 15.8. The fourth-order valence-electron chi connectivity index (χ4n) is 3.30. The Hall–Kier alpha value is -1.92. The molecule has 2 aliphatic rings. The predicted octanol–water partition coefficient (Wildman–Crippen LogP) is 3.85. The second-order valence-electron chi connectivity index (χ2n) is 6.91. The van der Waals surface area contributed by atoms with E-state index in [-0.39, 0.29) is 5.91 Å². The molecule has 0 N–H and O–H groups in total. The molecule has 1 aromatic heterocycles. The zero-order chi connectivity index (χ0) is 17.9. The Labute approximate surface area is 157 Å². The summed E-state index contributed by atoms with van der Waals surface area (Å²) in [4.78, 5) is 19.6. The molecule has 1 aliphatic carbocycles. The number of hydrogen-bond acceptors (Lipinski definition) is 5. The van der Waals surface area contributed by atoms with Crippen molar-refractivity contribution in [1.82, 2.24) is 9.88 Å². The number of nitrogens with zero attached hydrogens (tertiary/aromatic N) is 2. The molecule has 0 radical (unpaired) electrons. The lowest BCUT2D eigenvalue weighted by Gasteiger charge is -2.24. The van der Waals surface area contributed by atoms with Crippen LogP contribution in [0.15, 0.2) is 29.6 Å². The van der Waals surface area contributed by atoms with E-state index in [1.165, 1.54) is 11.3 Å². The van der Waals surface area contributed by atoms with Crippen LogP contribution < -0.4 is 4.74 Å². The minimum Gasteiger partial charge on any atom is -0.494 e. The molecule has 0 bridgehead atoms. The normalized spacial score (nSPS) is 19.5. The van der Waals surface area contributed by atoms with E-state index < -0.39 is 0 Å². The molecular weight excluding hydrogens is 348 g/mol. The average molecular weight is 372 g/mol. The first kappa shape index (κ1) is 17.5. The van der Waals surface area contributed by atoms with Gasteiger partial charge in [0, 0.05) is 36.1 Å². The molecule has 1 unspecified atom stereocenters. The number of hydrogen-bond donors (Lipinski definition) is 0. The molecule has 1 saturated carbocycles. The van der Waals surface area contributed by atoms with Crippen molar-refractivity contribution in [3.63, 3.8) is 0 Å². The van der Waals surface area contributed by atoms with Crippen molar-refractivity contribution < 1.29 is 14.3 Å². The van der Waals surface area contributed by atoms with Gasteiger partial charge in [-0.15, -0.1) is 11.3 Å². The van der Waals surface area contributed by atoms with Crippen molar-refractivity contribution in [2.45, 2.75) is 32.2 Å². The summed E-state index contributed by atoms with van der Waals surface area (Å²) in [6.07, 6.45) is 3.26. The average Bonchev–Trinajstić information content (AvgIpc) is 3.16. The minimum absolute atomic E-state index is 0.0628. The number of benzene rings is 1. The fourth-order valence-corrected chi connectivity index (χ4v) is 4.10. The second-order valence-corrected chi connectivity index (χ2v) is 7.77. The highest BCUT2D eigenvalue weighted by Crippen LogP contribution is 2.32. The maximum Gasteiger partial charge on any atom is 0.273 e. The molecule has 1 aromatic carbocycles. The molecule has 5 nitrogen and oxygen atoms in total. The third-order valence-corrected chi connectivity index (χ3v) is 5.75. The number of amides is 1. The van der Waals surface area contributed by atoms with Crippen molar-refractivity contribution in [2.24, 2.45) is 5.92 Å². The standard InChI is InChI=1S/C20H24N2O3S/c1-2-25-17-7-3-15(4-8-17)19-21-18(13-26-19)20(23)22(16-5-6-16)11-14-9-10-24-12-14/h3-4,7-8,13-14,16H,2,5-6,9-12H2,1H3. The number of rotatable bonds is 7. The smallest absolute Gasteiger partial charge is 0.273 e. The van der Waals surface area contributed by atoms with Crippen LogP contribution in [0.2, 0.25) is 0 Å². The molecular formula is C20H24N2O3S. The molecule has 2 fully saturated rings. The van der Waals surface area contributed by atoms with Crippen molar-refractivity contribution in [2.75, 3.05) is 26.4 Å². The third kappa shape index (κ3) is 3.91. The van der Waals surface area contributed by atoms with E-state index in [0.717, 1.165) is 55.3 Å². The Morgan fingerprint density at radius 2 is 2.12 bits per heavy atom. The van der Waals surface area contributed by atoms with Crippen LogP contribution in [-0.4, -0.2) is 48.2 Å². The summed E-state index contributed by atoms with van der Waals surface area (Å²) in [5, 5.41) is 2.76. The van der Waals surface area contributed by atoms with E-state index in [9.17, 15) is 4.79 Å². The highest BCUT2D eigenvalue weighted by Gasteiger charge is 2.36. The summed E-state index contributed by atoms with van der Waals surface area (Å²) >= 11 is 1.52. The van der Waals surface area contributed by atoms with E-state index in [2.05, 4.69) is 4.98 Å². The van der Waals surface area contributed by atoms with Crippen LogP contribution in [0.25, 0.3) is 10.6 Å². The molecule has 26 heavy (non-hydrogen) atoms. The van der Waals surface area contributed by atoms with Crippen molar-refractivity contribution in [3.8, 4) is 16.3 Å². The van der Waals surface area contributed by atoms with Gasteiger partial charge in [-0.25, -0.2) is 4.98 Å². The molecule has 138 valence electrons. The van der Waals surface area contributed by atoms with Gasteiger partial charge in [0.05, 0.1) is 13.2 Å². The largest absolute Gasteiger partial charge is 0.494 e. The molecule has 2 heterocycles. The predicted molar refractivity (Wildman–Crippen MR) is 102 cm³/mol. The molecule has 1 amide bonds. The lowest BCUT2D eigenvalue weighted by atomic mass is 10.1. The van der Waals surface area contributed by atoms with E-state index in [1.54, 1.807) is 0 Å². The van der Waals surface area contributed by atoms with E-state index in [4.69, 9.17) is 9.47 Å². The van der Waals surface area contributed by atoms with Gasteiger partial charge in [-0.2, -0.15) is 0 Å². The summed E-state index contributed by atoms with van der Waals surface area (Å²) in [7, 11) is 0. The molecule has 1 aliphatic heterocycles. The second kappa shape index (κ2) is 7.76. The van der Waals surface area contributed by atoms with Gasteiger partial charge in [0.1, 0.15) is 16.5 Å². The highest BCUT2D eigenvalue weighted by atomic mass is 32.1. The molecule has 2 aromatic rings. The Bertz CT molecular complexity index is 749. The van der Waals surface area contributed by atoms with Crippen LogP contribution >= 0.6 is 11.3 Å². The molecule has 0 spiro atoms. The summed E-state index contributed by atoms with van der Waals surface area (Å²) in [5.74, 6) is 1.37. The van der Waals surface area contributed by atoms with Gasteiger partial charge in [-0.1, -0.05) is 0 Å². The van der Waals surface area contributed by atoms with Crippen LogP contribution in [-0.2, 0) is 4.74 Å². The van der Waals surface area contributed by atoms with Crippen LogP contribution in [0.5, 0.6) is 5.75 Å². The van der Waals surface area contributed by atoms with Gasteiger partial charge < -0.3 is 14.4 Å². The first-order valence-electron chi connectivity index (χ1n) is 9.32. The summed E-state index contributed by atoms with van der Waals surface area (Å²) in [6.45, 7) is 4.99. The Kier molecular flexibility index (Phi) is 5.22. The number of aromatic nitrogens is 1. The van der Waals surface area contributed by atoms with Crippen LogP contribution in [0.3, 0.4) is 0 Å². The first-order valence-corrected chi connectivity index (χ1v) is 10.2. The minimum atomic E-state index is 0.0628. The zero-order valence-electron chi connectivity index (χ0n) is 15.0. The number of carbonyl (C=O) groups is 1. The van der Waals surface area contributed by atoms with Crippen molar-refractivity contribution in [1.29, 1.82) is 0 Å². The van der Waals surface area contributed by atoms with E-state index in [1.807, 2.05) is 41.5 Å². The Balaban J connectivity index is 1.47. The maximum absolute atomic E-state index is 13.0. The highest BCUT2D eigenvalue weighted by molar-refractivity contribution is 7.13. The quantitative estimate of drug-likeness (QED) is 0.741.